The second kappa shape index (κ2) is 22.1. The molecule has 74 heavy (non-hydrogen) atoms. The Hall–Kier alpha value is -9.16. The highest BCUT2D eigenvalue weighted by Gasteiger charge is 2.38. The van der Waals surface area contributed by atoms with E-state index in [1.807, 2.05) is 103 Å². The highest BCUT2D eigenvalue weighted by atomic mass is 16.5. The lowest BCUT2D eigenvalue weighted by Crippen LogP contribution is -2.33. The van der Waals surface area contributed by atoms with Gasteiger partial charge in [0.05, 0.1) is 0 Å². The number of hydrogen-bond acceptors (Lipinski definition) is 12. The van der Waals surface area contributed by atoms with Crippen molar-refractivity contribution in [2.24, 2.45) is 5.92 Å². The molecular weight excluding hydrogens is 937 g/mol. The Bertz CT molecular complexity index is 2980. The Morgan fingerprint density at radius 1 is 0.392 bits per heavy atom. The fourth-order valence-corrected chi connectivity index (χ4v) is 9.26. The summed E-state index contributed by atoms with van der Waals surface area (Å²) in [6, 6.07) is 48.5. The van der Waals surface area contributed by atoms with Crippen LogP contribution in [0, 0.1) is 5.92 Å². The van der Waals surface area contributed by atoms with E-state index in [2.05, 4.69) is 33.4 Å². The molecule has 8 aromatic carbocycles. The van der Waals surface area contributed by atoms with Crippen molar-refractivity contribution in [1.29, 1.82) is 0 Å². The van der Waals surface area contributed by atoms with Gasteiger partial charge in [0, 0.05) is 35.1 Å². The molecule has 1 unspecified atom stereocenters. The highest BCUT2D eigenvalue weighted by molar-refractivity contribution is 5.55. The van der Waals surface area contributed by atoms with Gasteiger partial charge >= 0.3 is 0 Å². The lowest BCUT2D eigenvalue weighted by Gasteiger charge is -2.39. The van der Waals surface area contributed by atoms with Gasteiger partial charge in [-0.2, -0.15) is 0 Å². The first-order valence-corrected chi connectivity index (χ1v) is 23.8. The molecule has 12 heteroatoms. The fourth-order valence-electron chi connectivity index (χ4n) is 9.26. The topological polar surface area (TPSA) is 199 Å². The summed E-state index contributed by atoms with van der Waals surface area (Å²) >= 11 is 0. The normalized spacial score (nSPS) is 12.2. The molecule has 0 spiro atoms. The van der Waals surface area contributed by atoms with Crippen LogP contribution in [0.2, 0.25) is 0 Å². The van der Waals surface area contributed by atoms with Crippen molar-refractivity contribution >= 4 is 0 Å². The molecule has 0 heterocycles. The number of phenolic OH excluding ortho intramolecular Hbond substituents is 8. The van der Waals surface area contributed by atoms with E-state index in [1.165, 1.54) is 72.8 Å². The van der Waals surface area contributed by atoms with Gasteiger partial charge in [-0.1, -0.05) is 81.1 Å². The SMILES string of the molecule is C=C/C(=C\C(C)C(C)(c1ccc(OCc2cc(O)cc(O)c2)cc1)c1ccc(OCc2cc(O)cc(O)c2)cc1)C(C)(c1ccc(OCc2cc(O)cc(O)c2)cc1)c1ccc(OCc2cc(O)cc(O)c2)cc1. The Labute approximate surface area is 429 Å². The summed E-state index contributed by atoms with van der Waals surface area (Å²) in [6.45, 7) is 11.3. The van der Waals surface area contributed by atoms with Crippen molar-refractivity contribution in [1.82, 2.24) is 0 Å². The number of benzene rings is 8. The van der Waals surface area contributed by atoms with E-state index < -0.39 is 10.8 Å². The van der Waals surface area contributed by atoms with Gasteiger partial charge in [0.25, 0.3) is 0 Å². The van der Waals surface area contributed by atoms with Gasteiger partial charge in [-0.3, -0.25) is 0 Å². The van der Waals surface area contributed by atoms with Crippen molar-refractivity contribution in [3.8, 4) is 69.0 Å². The van der Waals surface area contributed by atoms with Crippen LogP contribution in [0.15, 0.2) is 194 Å². The number of allylic oxidation sites excluding steroid dienone is 3. The summed E-state index contributed by atoms with van der Waals surface area (Å²) in [5, 5.41) is 80.2. The van der Waals surface area contributed by atoms with E-state index in [1.54, 1.807) is 0 Å². The monoisotopic (exact) mass is 994 g/mol. The van der Waals surface area contributed by atoms with Crippen LogP contribution in [0.4, 0.5) is 0 Å². The zero-order valence-electron chi connectivity index (χ0n) is 41.1. The molecule has 378 valence electrons. The summed E-state index contributed by atoms with van der Waals surface area (Å²) in [4.78, 5) is 0. The van der Waals surface area contributed by atoms with Crippen LogP contribution < -0.4 is 18.9 Å². The smallest absolute Gasteiger partial charge is 0.119 e. The highest BCUT2D eigenvalue weighted by Crippen LogP contribution is 2.46. The lowest BCUT2D eigenvalue weighted by molar-refractivity contribution is 0.303. The van der Waals surface area contributed by atoms with Crippen LogP contribution in [-0.2, 0) is 37.3 Å². The average Bonchev–Trinajstić information content (AvgIpc) is 3.37. The second-order valence-electron chi connectivity index (χ2n) is 18.6. The summed E-state index contributed by atoms with van der Waals surface area (Å²) < 4.78 is 24.4. The minimum absolute atomic E-state index is 0.0632. The van der Waals surface area contributed by atoms with Crippen LogP contribution in [0.1, 0.15) is 65.3 Å². The van der Waals surface area contributed by atoms with Crippen molar-refractivity contribution in [2.75, 3.05) is 0 Å². The summed E-state index contributed by atoms with van der Waals surface area (Å²) in [5.41, 5.74) is 5.57. The molecule has 0 aliphatic rings. The Morgan fingerprint density at radius 2 is 0.622 bits per heavy atom. The molecule has 8 N–H and O–H groups in total. The standard InChI is InChI=1S/C62H58O12/c1-5-44(62(4,47-10-18-59(19-11-47)73-37-42-27-53(67)33-54(68)28-42)48-12-20-60(21-13-48)74-38-43-29-55(69)34-56(70)30-43)22-39(2)61(3,45-6-14-57(15-7-45)71-35-40-23-49(63)31-50(64)24-40)46-8-16-58(17-9-46)72-36-41-25-51(65)32-52(66)26-41/h5-34,39,63-70H,1,35-38H2,2-4H3/b44-22+. The third kappa shape index (κ3) is 12.1. The Balaban J connectivity index is 1.15. The maximum atomic E-state index is 10.0. The maximum absolute atomic E-state index is 10.0. The summed E-state index contributed by atoms with van der Waals surface area (Å²) in [6.07, 6.45) is 4.11. The first-order chi connectivity index (χ1) is 35.5. The van der Waals surface area contributed by atoms with Crippen LogP contribution >= 0.6 is 0 Å². The third-order valence-corrected chi connectivity index (χ3v) is 13.4. The first-order valence-electron chi connectivity index (χ1n) is 23.8. The van der Waals surface area contributed by atoms with Crippen LogP contribution in [-0.4, -0.2) is 40.9 Å². The largest absolute Gasteiger partial charge is 0.508 e. The molecule has 0 aromatic heterocycles. The minimum atomic E-state index is -0.821. The zero-order valence-corrected chi connectivity index (χ0v) is 41.1. The van der Waals surface area contributed by atoms with Gasteiger partial charge in [-0.25, -0.2) is 0 Å². The molecular formula is C62H58O12. The number of phenols is 8. The van der Waals surface area contributed by atoms with E-state index >= 15 is 0 Å². The number of aromatic hydroxyl groups is 8. The molecule has 0 fully saturated rings. The van der Waals surface area contributed by atoms with E-state index in [-0.39, 0.29) is 78.3 Å². The van der Waals surface area contributed by atoms with Gasteiger partial charge in [-0.05, 0) is 160 Å². The molecule has 0 radical (unpaired) electrons. The molecule has 8 aromatic rings. The van der Waals surface area contributed by atoms with Gasteiger partial charge in [0.15, 0.2) is 0 Å². The molecule has 1 atom stereocenters. The van der Waals surface area contributed by atoms with E-state index in [0.717, 1.165) is 27.8 Å². The van der Waals surface area contributed by atoms with Crippen molar-refractivity contribution in [3.05, 3.63) is 239 Å². The fraction of sp³-hybridized carbons (Fsp3) is 0.161. The average molecular weight is 995 g/mol. The summed E-state index contributed by atoms with van der Waals surface area (Å²) in [5.74, 6) is 1.58. The van der Waals surface area contributed by atoms with Crippen LogP contribution in [0.25, 0.3) is 0 Å². The van der Waals surface area contributed by atoms with E-state index in [0.29, 0.717) is 45.3 Å². The van der Waals surface area contributed by atoms with Crippen LogP contribution in [0.3, 0.4) is 0 Å². The molecule has 0 saturated heterocycles. The summed E-state index contributed by atoms with van der Waals surface area (Å²) in [7, 11) is 0. The van der Waals surface area contributed by atoms with Gasteiger partial charge in [-0.15, -0.1) is 0 Å². The number of hydrogen-bond donors (Lipinski definition) is 8. The lowest BCUT2D eigenvalue weighted by atomic mass is 9.64. The zero-order chi connectivity index (χ0) is 52.6. The second-order valence-corrected chi connectivity index (χ2v) is 18.6. The molecule has 0 aliphatic heterocycles. The predicted octanol–water partition coefficient (Wildman–Crippen LogP) is 12.7. The Kier molecular flexibility index (Phi) is 15.3. The molecule has 0 bridgehead atoms. The third-order valence-electron chi connectivity index (χ3n) is 13.4. The molecule has 0 amide bonds. The Morgan fingerprint density at radius 3 is 0.851 bits per heavy atom. The quantitative estimate of drug-likeness (QED) is 0.0337. The number of ether oxygens (including phenoxy) is 4. The maximum Gasteiger partial charge on any atom is 0.119 e. The number of rotatable bonds is 20. The predicted molar refractivity (Wildman–Crippen MR) is 283 cm³/mol. The van der Waals surface area contributed by atoms with Gasteiger partial charge in [0.1, 0.15) is 95.4 Å². The molecule has 0 aliphatic carbocycles. The molecule has 8 rings (SSSR count). The van der Waals surface area contributed by atoms with E-state index in [4.69, 9.17) is 18.9 Å². The van der Waals surface area contributed by atoms with Crippen molar-refractivity contribution < 1.29 is 59.8 Å². The van der Waals surface area contributed by atoms with Crippen LogP contribution in [0.5, 0.6) is 69.0 Å². The van der Waals surface area contributed by atoms with Crippen molar-refractivity contribution in [2.45, 2.75) is 58.0 Å². The first kappa shape index (κ1) is 51.2. The van der Waals surface area contributed by atoms with Gasteiger partial charge in [0.2, 0.25) is 0 Å². The molecule has 12 nitrogen and oxygen atoms in total. The minimum Gasteiger partial charge on any atom is -0.508 e. The van der Waals surface area contributed by atoms with Crippen molar-refractivity contribution in [3.63, 3.8) is 0 Å². The molecule has 0 saturated carbocycles. The van der Waals surface area contributed by atoms with Gasteiger partial charge < -0.3 is 59.8 Å². The van der Waals surface area contributed by atoms with E-state index in [9.17, 15) is 40.9 Å².